The normalized spacial score (nSPS) is 15.8. The molecule has 1 fully saturated rings. The van der Waals surface area contributed by atoms with Crippen molar-refractivity contribution in [2.75, 3.05) is 5.32 Å². The zero-order valence-corrected chi connectivity index (χ0v) is 17.3. The van der Waals surface area contributed by atoms with Crippen molar-refractivity contribution in [1.82, 2.24) is 14.8 Å². The standard InChI is InChI=1S/C21H22F2N4O2S/c1-13(20(28)24-17-12-14(22)9-10-16(17)23)30-21-26-25-19(18-8-5-11-29-18)27(21)15-6-3-2-4-7-15/h5,8-13,15H,2-4,6-7H2,1H3,(H,24,28). The molecule has 0 radical (unpaired) electrons. The van der Waals surface area contributed by atoms with Gasteiger partial charge < -0.3 is 9.73 Å². The maximum atomic E-state index is 13.9. The number of nitrogens with one attached hydrogen (secondary N) is 1. The van der Waals surface area contributed by atoms with Crippen LogP contribution in [0.5, 0.6) is 0 Å². The smallest absolute Gasteiger partial charge is 0.237 e. The molecule has 0 bridgehead atoms. The highest BCUT2D eigenvalue weighted by molar-refractivity contribution is 8.00. The Labute approximate surface area is 177 Å². The summed E-state index contributed by atoms with van der Waals surface area (Å²) < 4.78 is 34.8. The van der Waals surface area contributed by atoms with Gasteiger partial charge in [0.05, 0.1) is 17.2 Å². The Kier molecular flexibility index (Phi) is 6.17. The quantitative estimate of drug-likeness (QED) is 0.525. The Morgan fingerprint density at radius 3 is 2.77 bits per heavy atom. The summed E-state index contributed by atoms with van der Waals surface area (Å²) in [6.45, 7) is 1.70. The van der Waals surface area contributed by atoms with Crippen molar-refractivity contribution in [2.45, 2.75) is 55.5 Å². The van der Waals surface area contributed by atoms with Crippen molar-refractivity contribution in [1.29, 1.82) is 0 Å². The second-order valence-electron chi connectivity index (χ2n) is 7.32. The summed E-state index contributed by atoms with van der Waals surface area (Å²) in [6, 6.07) is 6.81. The van der Waals surface area contributed by atoms with Gasteiger partial charge in [0.1, 0.15) is 11.6 Å². The van der Waals surface area contributed by atoms with Crippen LogP contribution in [-0.2, 0) is 4.79 Å². The van der Waals surface area contributed by atoms with E-state index in [1.807, 2.05) is 6.07 Å². The van der Waals surface area contributed by atoms with Gasteiger partial charge in [0.2, 0.25) is 11.7 Å². The molecule has 1 aliphatic rings. The molecule has 0 aliphatic heterocycles. The van der Waals surface area contributed by atoms with E-state index in [1.54, 1.807) is 19.3 Å². The van der Waals surface area contributed by atoms with Crippen LogP contribution in [0.3, 0.4) is 0 Å². The molecule has 1 amide bonds. The summed E-state index contributed by atoms with van der Waals surface area (Å²) in [4.78, 5) is 12.6. The molecule has 158 valence electrons. The van der Waals surface area contributed by atoms with Crippen molar-refractivity contribution < 1.29 is 18.0 Å². The molecule has 0 saturated heterocycles. The van der Waals surface area contributed by atoms with Crippen LogP contribution in [-0.4, -0.2) is 25.9 Å². The third-order valence-electron chi connectivity index (χ3n) is 5.18. The molecule has 1 saturated carbocycles. The molecule has 2 aromatic heterocycles. The first-order valence-corrected chi connectivity index (χ1v) is 10.8. The maximum absolute atomic E-state index is 13.9. The molecular formula is C21H22F2N4O2S. The zero-order chi connectivity index (χ0) is 21.1. The van der Waals surface area contributed by atoms with E-state index in [4.69, 9.17) is 4.42 Å². The van der Waals surface area contributed by atoms with Gasteiger partial charge in [-0.2, -0.15) is 0 Å². The summed E-state index contributed by atoms with van der Waals surface area (Å²) >= 11 is 1.24. The van der Waals surface area contributed by atoms with Crippen LogP contribution in [0.25, 0.3) is 11.6 Å². The first kappa shape index (κ1) is 20.6. The number of carbonyl (C=O) groups is 1. The maximum Gasteiger partial charge on any atom is 0.237 e. The third-order valence-corrected chi connectivity index (χ3v) is 6.24. The predicted molar refractivity (Wildman–Crippen MR) is 110 cm³/mol. The molecule has 9 heteroatoms. The Hall–Kier alpha value is -2.68. The van der Waals surface area contributed by atoms with Gasteiger partial charge in [-0.25, -0.2) is 8.78 Å². The molecule has 0 spiro atoms. The van der Waals surface area contributed by atoms with E-state index in [1.165, 1.54) is 18.2 Å². The second-order valence-corrected chi connectivity index (χ2v) is 8.63. The molecular weight excluding hydrogens is 410 g/mol. The first-order chi connectivity index (χ1) is 14.5. The van der Waals surface area contributed by atoms with Gasteiger partial charge in [0.15, 0.2) is 10.9 Å². The van der Waals surface area contributed by atoms with Crippen LogP contribution in [0.1, 0.15) is 45.1 Å². The van der Waals surface area contributed by atoms with E-state index in [0.717, 1.165) is 43.9 Å². The lowest BCUT2D eigenvalue weighted by Gasteiger charge is -2.25. The fourth-order valence-corrected chi connectivity index (χ4v) is 4.56. The van der Waals surface area contributed by atoms with Gasteiger partial charge in [0, 0.05) is 12.1 Å². The number of halogens is 2. The molecule has 1 unspecified atom stereocenters. The van der Waals surface area contributed by atoms with Crippen LogP contribution in [0.2, 0.25) is 0 Å². The molecule has 1 aliphatic carbocycles. The Bertz CT molecular complexity index is 1020. The highest BCUT2D eigenvalue weighted by Gasteiger charge is 2.27. The van der Waals surface area contributed by atoms with Crippen LogP contribution < -0.4 is 5.32 Å². The number of rotatable bonds is 6. The molecule has 1 N–H and O–H groups in total. The van der Waals surface area contributed by atoms with Gasteiger partial charge in [-0.3, -0.25) is 9.36 Å². The minimum atomic E-state index is -0.688. The molecule has 2 heterocycles. The monoisotopic (exact) mass is 432 g/mol. The van der Waals surface area contributed by atoms with Gasteiger partial charge >= 0.3 is 0 Å². The summed E-state index contributed by atoms with van der Waals surface area (Å²) in [6.07, 6.45) is 7.06. The third kappa shape index (κ3) is 4.40. The lowest BCUT2D eigenvalue weighted by molar-refractivity contribution is -0.115. The van der Waals surface area contributed by atoms with E-state index in [9.17, 15) is 13.6 Å². The van der Waals surface area contributed by atoms with Crippen LogP contribution >= 0.6 is 11.8 Å². The Morgan fingerprint density at radius 1 is 1.23 bits per heavy atom. The Morgan fingerprint density at radius 2 is 2.03 bits per heavy atom. The van der Waals surface area contributed by atoms with E-state index in [2.05, 4.69) is 20.1 Å². The molecule has 3 aromatic rings. The predicted octanol–water partition coefficient (Wildman–Crippen LogP) is 5.44. The number of hydrogen-bond donors (Lipinski definition) is 1. The van der Waals surface area contributed by atoms with E-state index in [0.29, 0.717) is 16.7 Å². The fourth-order valence-electron chi connectivity index (χ4n) is 3.64. The summed E-state index contributed by atoms with van der Waals surface area (Å²) in [7, 11) is 0. The van der Waals surface area contributed by atoms with Crippen LogP contribution in [0.4, 0.5) is 14.5 Å². The summed E-state index contributed by atoms with van der Waals surface area (Å²) in [5.74, 6) is -0.487. The lowest BCUT2D eigenvalue weighted by Crippen LogP contribution is -2.24. The fraction of sp³-hybridized carbons (Fsp3) is 0.381. The average Bonchev–Trinajstić information content (AvgIpc) is 3.41. The Balaban J connectivity index is 1.56. The minimum absolute atomic E-state index is 0.183. The number of thioether (sulfide) groups is 1. The highest BCUT2D eigenvalue weighted by atomic mass is 32.2. The number of amides is 1. The van der Waals surface area contributed by atoms with E-state index >= 15 is 0 Å². The number of hydrogen-bond acceptors (Lipinski definition) is 5. The molecule has 4 rings (SSSR count). The van der Waals surface area contributed by atoms with Crippen molar-refractivity contribution in [3.63, 3.8) is 0 Å². The average molecular weight is 432 g/mol. The van der Waals surface area contributed by atoms with E-state index in [-0.39, 0.29) is 11.7 Å². The second kappa shape index (κ2) is 8.99. The molecule has 1 atom stereocenters. The number of furan rings is 1. The first-order valence-electron chi connectivity index (χ1n) is 9.94. The number of anilines is 1. The van der Waals surface area contributed by atoms with Crippen molar-refractivity contribution in [3.05, 3.63) is 48.2 Å². The number of carbonyl (C=O) groups excluding carboxylic acids is 1. The molecule has 1 aromatic carbocycles. The van der Waals surface area contributed by atoms with E-state index < -0.39 is 22.8 Å². The van der Waals surface area contributed by atoms with Gasteiger partial charge in [0.25, 0.3) is 0 Å². The number of nitrogens with zero attached hydrogens (tertiary/aromatic N) is 3. The lowest BCUT2D eigenvalue weighted by atomic mass is 9.95. The minimum Gasteiger partial charge on any atom is -0.461 e. The topological polar surface area (TPSA) is 73.0 Å². The largest absolute Gasteiger partial charge is 0.461 e. The van der Waals surface area contributed by atoms with Gasteiger partial charge in [-0.15, -0.1) is 10.2 Å². The van der Waals surface area contributed by atoms with Gasteiger partial charge in [-0.05, 0) is 44.0 Å². The zero-order valence-electron chi connectivity index (χ0n) is 16.5. The van der Waals surface area contributed by atoms with Crippen molar-refractivity contribution >= 4 is 23.4 Å². The van der Waals surface area contributed by atoms with Crippen molar-refractivity contribution in [3.8, 4) is 11.6 Å². The van der Waals surface area contributed by atoms with Crippen LogP contribution in [0, 0.1) is 11.6 Å². The number of benzene rings is 1. The SMILES string of the molecule is CC(Sc1nnc(-c2ccco2)n1C1CCCCC1)C(=O)Nc1cc(F)ccc1F. The summed E-state index contributed by atoms with van der Waals surface area (Å²) in [5, 5.41) is 11.1. The number of aromatic nitrogens is 3. The molecule has 30 heavy (non-hydrogen) atoms. The summed E-state index contributed by atoms with van der Waals surface area (Å²) in [5.41, 5.74) is -0.183. The highest BCUT2D eigenvalue weighted by Crippen LogP contribution is 2.36. The van der Waals surface area contributed by atoms with Crippen molar-refractivity contribution in [2.24, 2.45) is 0 Å². The molecule has 6 nitrogen and oxygen atoms in total. The van der Waals surface area contributed by atoms with Gasteiger partial charge in [-0.1, -0.05) is 31.0 Å². The van der Waals surface area contributed by atoms with Crippen LogP contribution in [0.15, 0.2) is 46.2 Å².